The van der Waals surface area contributed by atoms with E-state index >= 15 is 0 Å². The number of ketones is 1. The second-order valence-corrected chi connectivity index (χ2v) is 8.04. The molecule has 7 heteroatoms. The van der Waals surface area contributed by atoms with Crippen LogP contribution in [0.25, 0.3) is 16.6 Å². The van der Waals surface area contributed by atoms with Gasteiger partial charge >= 0.3 is 0 Å². The van der Waals surface area contributed by atoms with E-state index in [1.807, 2.05) is 17.9 Å². The molecule has 148 valence electrons. The van der Waals surface area contributed by atoms with Gasteiger partial charge in [0.2, 0.25) is 5.91 Å². The van der Waals surface area contributed by atoms with Gasteiger partial charge in [0.1, 0.15) is 11.3 Å². The lowest BCUT2D eigenvalue weighted by molar-refractivity contribution is -0.132. The lowest BCUT2D eigenvalue weighted by Crippen LogP contribution is -2.35. The van der Waals surface area contributed by atoms with Crippen LogP contribution in [-0.2, 0) is 11.2 Å². The summed E-state index contributed by atoms with van der Waals surface area (Å²) < 4.78 is 0. The van der Waals surface area contributed by atoms with Crippen molar-refractivity contribution >= 4 is 28.3 Å². The number of carbonyl (C=O) groups is 2. The van der Waals surface area contributed by atoms with Crippen LogP contribution in [0, 0.1) is 12.8 Å². The van der Waals surface area contributed by atoms with Gasteiger partial charge in [0.25, 0.3) is 0 Å². The molecular formula is C22H23N5O2. The summed E-state index contributed by atoms with van der Waals surface area (Å²) in [5.74, 6) is 0.551. The van der Waals surface area contributed by atoms with E-state index < -0.39 is 0 Å². The quantitative estimate of drug-likeness (QED) is 0.656. The Morgan fingerprint density at radius 2 is 2.10 bits per heavy atom. The fourth-order valence-corrected chi connectivity index (χ4v) is 3.87. The molecule has 2 aliphatic rings. The van der Waals surface area contributed by atoms with Crippen molar-refractivity contribution in [2.24, 2.45) is 5.92 Å². The molecule has 2 N–H and O–H groups in total. The van der Waals surface area contributed by atoms with Crippen LogP contribution in [0.5, 0.6) is 0 Å². The van der Waals surface area contributed by atoms with Gasteiger partial charge in [-0.1, -0.05) is 6.08 Å². The van der Waals surface area contributed by atoms with Crippen molar-refractivity contribution in [3.8, 4) is 0 Å². The maximum Gasteiger partial charge on any atom is 0.225 e. The Morgan fingerprint density at radius 3 is 2.79 bits per heavy atom. The first-order chi connectivity index (χ1) is 14.1. The van der Waals surface area contributed by atoms with Gasteiger partial charge in [-0.25, -0.2) is 4.98 Å². The van der Waals surface area contributed by atoms with Crippen molar-refractivity contribution in [1.29, 1.82) is 0 Å². The molecular weight excluding hydrogens is 366 g/mol. The second kappa shape index (κ2) is 6.99. The predicted molar refractivity (Wildman–Crippen MR) is 109 cm³/mol. The van der Waals surface area contributed by atoms with Gasteiger partial charge in [0.15, 0.2) is 5.78 Å². The molecule has 3 aromatic rings. The molecule has 0 saturated heterocycles. The highest BCUT2D eigenvalue weighted by molar-refractivity contribution is 5.96. The van der Waals surface area contributed by atoms with Crippen molar-refractivity contribution in [1.82, 2.24) is 25.1 Å². The number of fused-ring (bicyclic) bond motifs is 1. The van der Waals surface area contributed by atoms with Gasteiger partial charge < -0.3 is 9.88 Å². The van der Waals surface area contributed by atoms with Crippen molar-refractivity contribution in [2.75, 3.05) is 13.1 Å². The number of hydrogen-bond donors (Lipinski definition) is 2. The van der Waals surface area contributed by atoms with E-state index in [9.17, 15) is 9.59 Å². The van der Waals surface area contributed by atoms with Crippen molar-refractivity contribution < 1.29 is 9.59 Å². The highest BCUT2D eigenvalue weighted by Crippen LogP contribution is 2.33. The number of amides is 1. The second-order valence-electron chi connectivity index (χ2n) is 8.04. The van der Waals surface area contributed by atoms with Crippen LogP contribution in [0.15, 0.2) is 30.5 Å². The van der Waals surface area contributed by atoms with Gasteiger partial charge in [-0.05, 0) is 55.5 Å². The number of nitrogens with one attached hydrogen (secondary N) is 2. The van der Waals surface area contributed by atoms with Crippen LogP contribution < -0.4 is 0 Å². The zero-order chi connectivity index (χ0) is 20.0. The SMILES string of the molecule is Cc1cc(C(=O)Cc2cnc3[nH]c(C4=CCN(C(=O)C5CC5)CC4)cc3c2)n[nH]1. The monoisotopic (exact) mass is 389 g/mol. The van der Waals surface area contributed by atoms with E-state index in [-0.39, 0.29) is 18.1 Å². The minimum Gasteiger partial charge on any atom is -0.339 e. The number of rotatable bonds is 5. The number of aromatic amines is 2. The van der Waals surface area contributed by atoms with Crippen LogP contribution in [0.4, 0.5) is 0 Å². The lowest BCUT2D eigenvalue weighted by atomic mass is 10.0. The molecule has 29 heavy (non-hydrogen) atoms. The lowest BCUT2D eigenvalue weighted by Gasteiger charge is -2.26. The molecule has 0 aromatic carbocycles. The number of H-pyrrole nitrogens is 2. The maximum absolute atomic E-state index is 12.4. The molecule has 0 radical (unpaired) electrons. The van der Waals surface area contributed by atoms with Gasteiger partial charge in [0.05, 0.1) is 0 Å². The number of carbonyl (C=O) groups excluding carboxylic acids is 2. The Balaban J connectivity index is 1.32. The summed E-state index contributed by atoms with van der Waals surface area (Å²) in [6, 6.07) is 5.85. The average Bonchev–Trinajstić information content (AvgIpc) is 3.35. The first-order valence-corrected chi connectivity index (χ1v) is 10.1. The first kappa shape index (κ1) is 17.8. The summed E-state index contributed by atoms with van der Waals surface area (Å²) >= 11 is 0. The van der Waals surface area contributed by atoms with Crippen LogP contribution in [-0.4, -0.2) is 49.8 Å². The average molecular weight is 389 g/mol. The number of pyridine rings is 1. The van der Waals surface area contributed by atoms with Gasteiger partial charge in [0, 0.05) is 48.4 Å². The number of hydrogen-bond acceptors (Lipinski definition) is 4. The number of Topliss-reactive ketones (excluding diaryl/α,β-unsaturated/α-hetero) is 1. The van der Waals surface area contributed by atoms with Crippen LogP contribution in [0.1, 0.15) is 46.7 Å². The maximum atomic E-state index is 12.4. The molecule has 3 aromatic heterocycles. The zero-order valence-electron chi connectivity index (χ0n) is 16.4. The Bertz CT molecular complexity index is 1140. The molecule has 1 aliphatic heterocycles. The Morgan fingerprint density at radius 1 is 1.24 bits per heavy atom. The van der Waals surface area contributed by atoms with Crippen molar-refractivity contribution in [3.63, 3.8) is 0 Å². The third-order valence-corrected chi connectivity index (χ3v) is 5.68. The third-order valence-electron chi connectivity index (χ3n) is 5.68. The molecule has 0 atom stereocenters. The Hall–Kier alpha value is -3.22. The smallest absolute Gasteiger partial charge is 0.225 e. The summed E-state index contributed by atoms with van der Waals surface area (Å²) in [7, 11) is 0. The Labute approximate surface area is 168 Å². The van der Waals surface area contributed by atoms with Gasteiger partial charge in [-0.2, -0.15) is 5.10 Å². The highest BCUT2D eigenvalue weighted by Gasteiger charge is 2.33. The third kappa shape index (κ3) is 3.60. The molecule has 7 nitrogen and oxygen atoms in total. The molecule has 0 unspecified atom stereocenters. The van der Waals surface area contributed by atoms with Crippen LogP contribution in [0.2, 0.25) is 0 Å². The summed E-state index contributed by atoms with van der Waals surface area (Å²) in [5.41, 5.74) is 5.26. The van der Waals surface area contributed by atoms with Gasteiger partial charge in [-0.15, -0.1) is 0 Å². The topological polar surface area (TPSA) is 94.7 Å². The minimum absolute atomic E-state index is 0.0262. The molecule has 1 fully saturated rings. The van der Waals surface area contributed by atoms with E-state index in [0.717, 1.165) is 53.8 Å². The standard InChI is InChI=1S/C22H23N5O2/c1-13-8-19(26-25-13)20(28)10-14-9-17-11-18(24-21(17)23-12-14)15-4-6-27(7-5-15)22(29)16-2-3-16/h4,8-9,11-12,16H,2-3,5-7,10H2,1H3,(H,23,24)(H,25,26). The molecule has 1 amide bonds. The normalized spacial score (nSPS) is 16.9. The zero-order valence-corrected chi connectivity index (χ0v) is 16.4. The summed E-state index contributed by atoms with van der Waals surface area (Å²) in [4.78, 5) is 34.4. The van der Waals surface area contributed by atoms with Crippen molar-refractivity contribution in [3.05, 3.63) is 53.1 Å². The Kier molecular flexibility index (Phi) is 4.30. The number of aromatic nitrogens is 4. The highest BCUT2D eigenvalue weighted by atomic mass is 16.2. The minimum atomic E-state index is -0.0262. The summed E-state index contributed by atoms with van der Waals surface area (Å²) in [5, 5.41) is 7.82. The van der Waals surface area contributed by atoms with Crippen LogP contribution in [0.3, 0.4) is 0 Å². The fourth-order valence-electron chi connectivity index (χ4n) is 3.87. The van der Waals surface area contributed by atoms with Gasteiger partial charge in [-0.3, -0.25) is 14.7 Å². The summed E-state index contributed by atoms with van der Waals surface area (Å²) in [6.45, 7) is 3.32. The number of aryl methyl sites for hydroxylation is 1. The molecule has 1 aliphatic carbocycles. The molecule has 0 spiro atoms. The molecule has 5 rings (SSSR count). The molecule has 0 bridgehead atoms. The number of nitrogens with zero attached hydrogens (tertiary/aromatic N) is 3. The van der Waals surface area contributed by atoms with Crippen molar-refractivity contribution in [2.45, 2.75) is 32.6 Å². The van der Waals surface area contributed by atoms with Crippen LogP contribution >= 0.6 is 0 Å². The van der Waals surface area contributed by atoms with E-state index in [4.69, 9.17) is 0 Å². The predicted octanol–water partition coefficient (Wildman–Crippen LogP) is 3.05. The fraction of sp³-hybridized carbons (Fsp3) is 0.364. The summed E-state index contributed by atoms with van der Waals surface area (Å²) in [6.07, 6.45) is 7.09. The molecule has 4 heterocycles. The van der Waals surface area contributed by atoms with E-state index in [2.05, 4.69) is 32.3 Å². The first-order valence-electron chi connectivity index (χ1n) is 10.1. The van der Waals surface area contributed by atoms with E-state index in [0.29, 0.717) is 18.1 Å². The van der Waals surface area contributed by atoms with E-state index in [1.54, 1.807) is 12.3 Å². The largest absolute Gasteiger partial charge is 0.339 e. The molecule has 1 saturated carbocycles. The van der Waals surface area contributed by atoms with E-state index in [1.165, 1.54) is 5.57 Å².